The van der Waals surface area contributed by atoms with Crippen LogP contribution in [0.15, 0.2) is 30.3 Å². The van der Waals surface area contributed by atoms with Gasteiger partial charge in [0, 0.05) is 30.6 Å². The van der Waals surface area contributed by atoms with Gasteiger partial charge in [0.2, 0.25) is 17.7 Å². The first-order valence-electron chi connectivity index (χ1n) is 12.6. The fourth-order valence-electron chi connectivity index (χ4n) is 5.35. The molecule has 37 heavy (non-hydrogen) atoms. The zero-order valence-electron chi connectivity index (χ0n) is 21.3. The molecule has 0 aromatic heterocycles. The van der Waals surface area contributed by atoms with E-state index in [1.54, 1.807) is 12.1 Å². The number of amides is 4. The normalized spacial score (nSPS) is 20.6. The van der Waals surface area contributed by atoms with E-state index in [4.69, 9.17) is 9.47 Å². The van der Waals surface area contributed by atoms with Gasteiger partial charge in [0.25, 0.3) is 5.91 Å². The van der Waals surface area contributed by atoms with Crippen molar-refractivity contribution in [2.75, 3.05) is 19.8 Å². The molecule has 0 aliphatic carbocycles. The summed E-state index contributed by atoms with van der Waals surface area (Å²) in [6.07, 6.45) is 0.531. The standard InChI is InChI=1S/C25H28B3N3O6/c26-17-8-13(9-18(27)16(17)10-30-6-7-36-12-22(30)33)23(28)37-20-3-1-2-14-15(20)11-31(25(14)35)19-4-5-21(32)29-24(19)34/h1-3,8-9,19,23H,4-7,10-12,26-28H2,(H,29,32,34). The molecule has 0 bridgehead atoms. The molecule has 5 rings (SSSR count). The van der Waals surface area contributed by atoms with Crippen molar-refractivity contribution in [2.45, 2.75) is 38.0 Å². The molecular formula is C25H28B3N3O6. The number of ether oxygens (including phenoxy) is 2. The molecule has 0 radical (unpaired) electrons. The maximum absolute atomic E-state index is 13.1. The minimum atomic E-state index is -0.668. The largest absolute Gasteiger partial charge is 0.495 e. The molecule has 3 aliphatic rings. The summed E-state index contributed by atoms with van der Waals surface area (Å²) >= 11 is 0. The summed E-state index contributed by atoms with van der Waals surface area (Å²) in [7, 11) is 6.05. The number of rotatable bonds is 6. The lowest BCUT2D eigenvalue weighted by molar-refractivity contribution is -0.143. The smallest absolute Gasteiger partial charge is 0.255 e. The molecular weight excluding hydrogens is 471 g/mol. The number of nitrogens with zero attached hydrogens (tertiary/aromatic N) is 2. The Hall–Kier alpha value is -3.53. The van der Waals surface area contributed by atoms with Crippen LogP contribution in [-0.2, 0) is 32.2 Å². The Morgan fingerprint density at radius 1 is 1.14 bits per heavy atom. The number of hydrogen-bond donors (Lipinski definition) is 1. The van der Waals surface area contributed by atoms with Crippen LogP contribution in [0.3, 0.4) is 0 Å². The van der Waals surface area contributed by atoms with E-state index in [1.807, 2.05) is 34.5 Å². The molecule has 2 aromatic rings. The summed E-state index contributed by atoms with van der Waals surface area (Å²) in [6.45, 7) is 2.09. The molecule has 2 unspecified atom stereocenters. The fourth-order valence-corrected chi connectivity index (χ4v) is 5.35. The number of hydrogen-bond acceptors (Lipinski definition) is 6. The third-order valence-electron chi connectivity index (χ3n) is 7.46. The Kier molecular flexibility index (Phi) is 6.85. The van der Waals surface area contributed by atoms with Crippen LogP contribution < -0.4 is 21.0 Å². The highest BCUT2D eigenvalue weighted by atomic mass is 16.5. The molecule has 0 spiro atoms. The van der Waals surface area contributed by atoms with Crippen molar-refractivity contribution in [2.24, 2.45) is 0 Å². The molecule has 2 saturated heterocycles. The molecule has 2 atom stereocenters. The second-order valence-electron chi connectivity index (χ2n) is 9.94. The number of carbonyl (C=O) groups excluding carboxylic acids is 4. The second kappa shape index (κ2) is 10.1. The van der Waals surface area contributed by atoms with Crippen molar-refractivity contribution in [3.63, 3.8) is 0 Å². The van der Waals surface area contributed by atoms with Crippen LogP contribution in [0.25, 0.3) is 0 Å². The summed E-state index contributed by atoms with van der Waals surface area (Å²) in [4.78, 5) is 52.6. The number of fused-ring (bicyclic) bond motifs is 1. The quantitative estimate of drug-likeness (QED) is 0.337. The molecule has 4 amide bonds. The number of piperidine rings is 1. The lowest BCUT2D eigenvalue weighted by atomic mass is 9.76. The molecule has 2 aromatic carbocycles. The van der Waals surface area contributed by atoms with Gasteiger partial charge >= 0.3 is 0 Å². The van der Waals surface area contributed by atoms with E-state index in [0.717, 1.165) is 27.6 Å². The van der Waals surface area contributed by atoms with Crippen molar-refractivity contribution < 1.29 is 28.7 Å². The van der Waals surface area contributed by atoms with Crippen molar-refractivity contribution in [3.05, 3.63) is 52.6 Å². The first kappa shape index (κ1) is 25.1. The van der Waals surface area contributed by atoms with E-state index in [2.05, 4.69) is 17.4 Å². The Morgan fingerprint density at radius 3 is 2.59 bits per heavy atom. The lowest BCUT2D eigenvalue weighted by Gasteiger charge is -2.29. The first-order valence-corrected chi connectivity index (χ1v) is 12.6. The monoisotopic (exact) mass is 499 g/mol. The highest BCUT2D eigenvalue weighted by Gasteiger charge is 2.40. The van der Waals surface area contributed by atoms with E-state index in [9.17, 15) is 19.2 Å². The molecule has 2 fully saturated rings. The van der Waals surface area contributed by atoms with E-state index >= 15 is 0 Å². The van der Waals surface area contributed by atoms with Crippen molar-refractivity contribution in [1.82, 2.24) is 15.1 Å². The van der Waals surface area contributed by atoms with Crippen LogP contribution in [-0.4, -0.2) is 82.8 Å². The van der Waals surface area contributed by atoms with Gasteiger partial charge in [0.15, 0.2) is 7.85 Å². The van der Waals surface area contributed by atoms with Crippen LogP contribution in [0.2, 0.25) is 0 Å². The topological polar surface area (TPSA) is 105 Å². The van der Waals surface area contributed by atoms with Gasteiger partial charge in [0.1, 0.15) is 34.1 Å². The zero-order chi connectivity index (χ0) is 26.3. The molecule has 3 heterocycles. The van der Waals surface area contributed by atoms with Crippen LogP contribution >= 0.6 is 0 Å². The van der Waals surface area contributed by atoms with Gasteiger partial charge in [-0.15, -0.1) is 0 Å². The first-order chi connectivity index (χ1) is 17.7. The van der Waals surface area contributed by atoms with E-state index < -0.39 is 11.9 Å². The molecule has 12 heteroatoms. The average Bonchev–Trinajstić information content (AvgIpc) is 3.19. The maximum atomic E-state index is 13.1. The van der Waals surface area contributed by atoms with Crippen LogP contribution in [0, 0.1) is 0 Å². The number of nitrogens with one attached hydrogen (secondary N) is 1. The molecule has 9 nitrogen and oxygen atoms in total. The van der Waals surface area contributed by atoms with Gasteiger partial charge < -0.3 is 19.3 Å². The van der Waals surface area contributed by atoms with Gasteiger partial charge in [-0.3, -0.25) is 24.5 Å². The number of morpholine rings is 1. The third-order valence-corrected chi connectivity index (χ3v) is 7.46. The zero-order valence-corrected chi connectivity index (χ0v) is 21.3. The Labute approximate surface area is 218 Å². The molecule has 1 N–H and O–H groups in total. The van der Waals surface area contributed by atoms with E-state index in [1.165, 1.54) is 4.90 Å². The maximum Gasteiger partial charge on any atom is 0.255 e. The van der Waals surface area contributed by atoms with Gasteiger partial charge in [-0.05, 0) is 29.7 Å². The Bertz CT molecular complexity index is 1280. The minimum absolute atomic E-state index is 0.00431. The van der Waals surface area contributed by atoms with Crippen molar-refractivity contribution in [1.29, 1.82) is 0 Å². The minimum Gasteiger partial charge on any atom is -0.495 e. The molecule has 188 valence electrons. The summed E-state index contributed by atoms with van der Waals surface area (Å²) in [5.74, 6) is -0.359. The molecule has 0 saturated carbocycles. The van der Waals surface area contributed by atoms with Crippen molar-refractivity contribution >= 4 is 58.1 Å². The summed E-state index contributed by atoms with van der Waals surface area (Å²) in [5.41, 5.74) is 5.56. The number of imide groups is 1. The van der Waals surface area contributed by atoms with E-state index in [0.29, 0.717) is 37.4 Å². The van der Waals surface area contributed by atoms with Crippen molar-refractivity contribution in [3.8, 4) is 5.75 Å². The second-order valence-corrected chi connectivity index (χ2v) is 9.94. The summed E-state index contributed by atoms with van der Waals surface area (Å²) < 4.78 is 11.6. The lowest BCUT2D eigenvalue weighted by Crippen LogP contribution is -2.52. The number of benzene rings is 2. The van der Waals surface area contributed by atoms with Gasteiger partial charge in [-0.25, -0.2) is 0 Å². The third kappa shape index (κ3) is 4.90. The van der Waals surface area contributed by atoms with Crippen LogP contribution in [0.5, 0.6) is 5.75 Å². The van der Waals surface area contributed by atoms with E-state index in [-0.39, 0.29) is 43.3 Å². The Morgan fingerprint density at radius 2 is 1.89 bits per heavy atom. The van der Waals surface area contributed by atoms with Gasteiger partial charge in [-0.1, -0.05) is 29.1 Å². The SMILES string of the molecule is Bc1cc(C(B)Oc2cccc3c2CN(C2CCC(=O)NC2=O)C3=O)cc(B)c1CN1CCOCC1=O. The van der Waals surface area contributed by atoms with Gasteiger partial charge in [-0.2, -0.15) is 0 Å². The summed E-state index contributed by atoms with van der Waals surface area (Å²) in [5, 5.41) is 2.33. The predicted molar refractivity (Wildman–Crippen MR) is 143 cm³/mol. The highest BCUT2D eigenvalue weighted by molar-refractivity contribution is 6.40. The fraction of sp³-hybridized carbons (Fsp3) is 0.360. The molecule has 3 aliphatic heterocycles. The van der Waals surface area contributed by atoms with Crippen LogP contribution in [0.4, 0.5) is 0 Å². The highest BCUT2D eigenvalue weighted by Crippen LogP contribution is 2.35. The predicted octanol–water partition coefficient (Wildman–Crippen LogP) is -2.97. The summed E-state index contributed by atoms with van der Waals surface area (Å²) in [6, 6.07) is 8.59. The van der Waals surface area contributed by atoms with Gasteiger partial charge in [0.05, 0.1) is 19.2 Å². The van der Waals surface area contributed by atoms with Crippen LogP contribution in [0.1, 0.15) is 45.9 Å². The Balaban J connectivity index is 1.33. The number of carbonyl (C=O) groups is 4. The average molecular weight is 499 g/mol.